The van der Waals surface area contributed by atoms with E-state index in [1.807, 2.05) is 25.1 Å². The highest BCUT2D eigenvalue weighted by Crippen LogP contribution is 2.41. The summed E-state index contributed by atoms with van der Waals surface area (Å²) in [5, 5.41) is 12.7. The molecule has 6 nitrogen and oxygen atoms in total. The van der Waals surface area contributed by atoms with Crippen molar-refractivity contribution in [2.75, 3.05) is 29.1 Å². The van der Waals surface area contributed by atoms with Crippen molar-refractivity contribution in [1.82, 2.24) is 14.8 Å². The normalized spacial score (nSPS) is 17.2. The lowest BCUT2D eigenvalue weighted by molar-refractivity contribution is -0.113. The second kappa shape index (κ2) is 8.22. The zero-order valence-corrected chi connectivity index (χ0v) is 17.9. The van der Waals surface area contributed by atoms with Crippen molar-refractivity contribution in [2.24, 2.45) is 0 Å². The van der Waals surface area contributed by atoms with E-state index in [2.05, 4.69) is 40.9 Å². The van der Waals surface area contributed by atoms with Crippen LogP contribution in [0.3, 0.4) is 0 Å². The average Bonchev–Trinajstić information content (AvgIpc) is 3.42. The molecule has 1 N–H and O–H groups in total. The average molecular weight is 450 g/mol. The first-order valence-corrected chi connectivity index (χ1v) is 11.3. The molecule has 1 saturated carbocycles. The van der Waals surface area contributed by atoms with Gasteiger partial charge < -0.3 is 10.2 Å². The first-order valence-electron chi connectivity index (χ1n) is 9.50. The molecule has 0 atom stereocenters. The van der Waals surface area contributed by atoms with Crippen LogP contribution in [-0.2, 0) is 4.79 Å². The lowest BCUT2D eigenvalue weighted by atomic mass is 10.1. The molecule has 1 amide bonds. The SMILES string of the molecule is Cc1cc(Br)ccc1NC(=O)CSc1nnc(N2CCCCC2)n1C1CC1. The van der Waals surface area contributed by atoms with E-state index in [0.717, 1.165) is 39.9 Å². The van der Waals surface area contributed by atoms with Crippen LogP contribution in [0.25, 0.3) is 0 Å². The number of benzene rings is 1. The molecular weight excluding hydrogens is 426 g/mol. The van der Waals surface area contributed by atoms with Crippen LogP contribution in [0.5, 0.6) is 0 Å². The smallest absolute Gasteiger partial charge is 0.234 e. The molecule has 8 heteroatoms. The van der Waals surface area contributed by atoms with Crippen molar-refractivity contribution in [2.45, 2.75) is 50.2 Å². The van der Waals surface area contributed by atoms with Crippen LogP contribution < -0.4 is 10.2 Å². The predicted octanol–water partition coefficient (Wildman–Crippen LogP) is 4.41. The first-order chi connectivity index (χ1) is 13.1. The standard InChI is InChI=1S/C19H24BrN5OS/c1-13-11-14(20)5-8-16(13)21-17(26)12-27-19-23-22-18(25(19)15-6-7-15)24-9-3-2-4-10-24/h5,8,11,15H,2-4,6-7,9-10,12H2,1H3,(H,21,26). The third-order valence-electron chi connectivity index (χ3n) is 4.99. The Labute approximate surface area is 172 Å². The Balaban J connectivity index is 1.42. The van der Waals surface area contributed by atoms with Crippen LogP contribution in [0.2, 0.25) is 0 Å². The molecule has 144 valence electrons. The van der Waals surface area contributed by atoms with Gasteiger partial charge in [0.05, 0.1) is 5.75 Å². The van der Waals surface area contributed by atoms with E-state index < -0.39 is 0 Å². The highest BCUT2D eigenvalue weighted by molar-refractivity contribution is 9.10. The van der Waals surface area contributed by atoms with Crippen LogP contribution in [0.4, 0.5) is 11.6 Å². The van der Waals surface area contributed by atoms with Gasteiger partial charge >= 0.3 is 0 Å². The number of piperidine rings is 1. The Morgan fingerprint density at radius 1 is 1.26 bits per heavy atom. The quantitative estimate of drug-likeness (QED) is 0.661. The lowest BCUT2D eigenvalue weighted by Gasteiger charge is -2.27. The van der Waals surface area contributed by atoms with E-state index in [1.165, 1.54) is 43.9 Å². The number of halogens is 1. The summed E-state index contributed by atoms with van der Waals surface area (Å²) in [4.78, 5) is 14.8. The van der Waals surface area contributed by atoms with Gasteiger partial charge in [-0.1, -0.05) is 27.7 Å². The number of carbonyl (C=O) groups excluding carboxylic acids is 1. The number of aromatic nitrogens is 3. The van der Waals surface area contributed by atoms with Crippen LogP contribution in [0.1, 0.15) is 43.7 Å². The van der Waals surface area contributed by atoms with Gasteiger partial charge in [0.2, 0.25) is 11.9 Å². The number of carbonyl (C=O) groups is 1. The molecular formula is C19H24BrN5OS. The minimum absolute atomic E-state index is 0.0182. The number of rotatable bonds is 6. The predicted molar refractivity (Wildman–Crippen MR) is 113 cm³/mol. The Hall–Kier alpha value is -1.54. The molecule has 0 radical (unpaired) electrons. The van der Waals surface area contributed by atoms with Gasteiger partial charge in [-0.25, -0.2) is 0 Å². The molecule has 0 spiro atoms. The molecule has 1 aromatic heterocycles. The van der Waals surface area contributed by atoms with Crippen molar-refractivity contribution < 1.29 is 4.79 Å². The zero-order chi connectivity index (χ0) is 18.8. The molecule has 2 aliphatic rings. The van der Waals surface area contributed by atoms with Crippen molar-refractivity contribution in [3.8, 4) is 0 Å². The van der Waals surface area contributed by atoms with Crippen molar-refractivity contribution in [1.29, 1.82) is 0 Å². The summed E-state index contributed by atoms with van der Waals surface area (Å²) < 4.78 is 3.27. The fourth-order valence-corrected chi connectivity index (χ4v) is 4.69. The molecule has 27 heavy (non-hydrogen) atoms. The molecule has 0 unspecified atom stereocenters. The van der Waals surface area contributed by atoms with Gasteiger partial charge in [-0.2, -0.15) is 0 Å². The number of thioether (sulfide) groups is 1. The van der Waals surface area contributed by atoms with Crippen molar-refractivity contribution in [3.05, 3.63) is 28.2 Å². The second-order valence-corrected chi connectivity index (χ2v) is 9.09. The first kappa shape index (κ1) is 18.8. The van der Waals surface area contributed by atoms with Gasteiger partial charge in [-0.3, -0.25) is 9.36 Å². The topological polar surface area (TPSA) is 63.1 Å². The Morgan fingerprint density at radius 3 is 2.74 bits per heavy atom. The van der Waals surface area contributed by atoms with Gasteiger partial charge in [-0.05, 0) is 62.8 Å². The maximum absolute atomic E-state index is 12.4. The maximum Gasteiger partial charge on any atom is 0.234 e. The Kier molecular flexibility index (Phi) is 5.73. The molecule has 1 aliphatic heterocycles. The Bertz CT molecular complexity index is 830. The number of hydrogen-bond acceptors (Lipinski definition) is 5. The van der Waals surface area contributed by atoms with E-state index >= 15 is 0 Å². The van der Waals surface area contributed by atoms with Crippen LogP contribution in [0, 0.1) is 6.92 Å². The summed E-state index contributed by atoms with van der Waals surface area (Å²) in [5.41, 5.74) is 1.89. The van der Waals surface area contributed by atoms with Gasteiger partial charge in [0, 0.05) is 29.3 Å². The number of hydrogen-bond donors (Lipinski definition) is 1. The highest BCUT2D eigenvalue weighted by atomic mass is 79.9. The summed E-state index contributed by atoms with van der Waals surface area (Å²) in [6.45, 7) is 4.10. The van der Waals surface area contributed by atoms with E-state index in [9.17, 15) is 4.79 Å². The minimum atomic E-state index is -0.0182. The molecule has 4 rings (SSSR count). The third kappa shape index (κ3) is 4.48. The number of anilines is 2. The summed E-state index contributed by atoms with van der Waals surface area (Å²) in [6.07, 6.45) is 6.09. The summed E-state index contributed by atoms with van der Waals surface area (Å²) in [5.74, 6) is 1.31. The zero-order valence-electron chi connectivity index (χ0n) is 15.4. The largest absolute Gasteiger partial charge is 0.341 e. The molecule has 1 saturated heterocycles. The van der Waals surface area contributed by atoms with E-state index in [0.29, 0.717) is 11.8 Å². The molecule has 0 bridgehead atoms. The highest BCUT2D eigenvalue weighted by Gasteiger charge is 2.32. The molecule has 2 fully saturated rings. The van der Waals surface area contributed by atoms with Crippen LogP contribution in [-0.4, -0.2) is 39.5 Å². The fourth-order valence-electron chi connectivity index (χ4n) is 3.41. The molecule has 1 aromatic carbocycles. The molecule has 2 heterocycles. The number of amides is 1. The maximum atomic E-state index is 12.4. The van der Waals surface area contributed by atoms with E-state index in [1.54, 1.807) is 0 Å². The summed E-state index contributed by atoms with van der Waals surface area (Å²) in [7, 11) is 0. The van der Waals surface area contributed by atoms with Crippen molar-refractivity contribution >= 4 is 45.2 Å². The van der Waals surface area contributed by atoms with Gasteiger partial charge in [0.15, 0.2) is 5.16 Å². The second-order valence-electron chi connectivity index (χ2n) is 7.23. The van der Waals surface area contributed by atoms with Crippen LogP contribution >= 0.6 is 27.7 Å². The third-order valence-corrected chi connectivity index (χ3v) is 6.43. The fraction of sp³-hybridized carbons (Fsp3) is 0.526. The summed E-state index contributed by atoms with van der Waals surface area (Å²) in [6, 6.07) is 6.35. The van der Waals surface area contributed by atoms with Crippen LogP contribution in [0.15, 0.2) is 27.8 Å². The van der Waals surface area contributed by atoms with Gasteiger partial charge in [0.25, 0.3) is 0 Å². The molecule has 1 aliphatic carbocycles. The number of nitrogens with one attached hydrogen (secondary N) is 1. The number of nitrogens with zero attached hydrogens (tertiary/aromatic N) is 4. The molecule has 2 aromatic rings. The Morgan fingerprint density at radius 2 is 2.04 bits per heavy atom. The monoisotopic (exact) mass is 449 g/mol. The minimum Gasteiger partial charge on any atom is -0.341 e. The van der Waals surface area contributed by atoms with Gasteiger partial charge in [0.1, 0.15) is 0 Å². The van der Waals surface area contributed by atoms with E-state index in [4.69, 9.17) is 0 Å². The summed E-state index contributed by atoms with van der Waals surface area (Å²) >= 11 is 4.93. The van der Waals surface area contributed by atoms with Gasteiger partial charge in [-0.15, -0.1) is 10.2 Å². The lowest BCUT2D eigenvalue weighted by Crippen LogP contribution is -2.32. The number of aryl methyl sites for hydroxylation is 1. The van der Waals surface area contributed by atoms with E-state index in [-0.39, 0.29) is 5.91 Å². The van der Waals surface area contributed by atoms with Crippen molar-refractivity contribution in [3.63, 3.8) is 0 Å².